The molecule has 0 N–H and O–H groups in total. The quantitative estimate of drug-likeness (QED) is 0.621. The molecule has 0 radical (unpaired) electrons. The summed E-state index contributed by atoms with van der Waals surface area (Å²) in [6.45, 7) is 1.68. The lowest BCUT2D eigenvalue weighted by Gasteiger charge is -2.24. The van der Waals surface area contributed by atoms with Crippen LogP contribution >= 0.6 is 39.1 Å². The third kappa shape index (κ3) is 3.82. The maximum absolute atomic E-state index is 12.9. The Labute approximate surface area is 169 Å². The summed E-state index contributed by atoms with van der Waals surface area (Å²) in [5.41, 5.74) is 0.458. The number of hydrogen-bond donors (Lipinski definition) is 0. The highest BCUT2D eigenvalue weighted by Gasteiger charge is 2.22. The zero-order valence-electron chi connectivity index (χ0n) is 14.2. The number of aromatic nitrogens is 2. The van der Waals surface area contributed by atoms with Crippen LogP contribution in [0.25, 0.3) is 0 Å². The molecule has 1 fully saturated rings. The molecule has 0 spiro atoms. The van der Waals surface area contributed by atoms with Gasteiger partial charge >= 0.3 is 5.69 Å². The maximum atomic E-state index is 12.9. The molecule has 1 saturated carbocycles. The molecule has 138 valence electrons. The highest BCUT2D eigenvalue weighted by Crippen LogP contribution is 2.26. The van der Waals surface area contributed by atoms with Gasteiger partial charge in [0.05, 0.1) is 22.0 Å². The zero-order valence-corrected chi connectivity index (χ0v) is 17.3. The largest absolute Gasteiger partial charge is 0.352 e. The number of nitrogens with zero attached hydrogens (tertiary/aromatic N) is 3. The van der Waals surface area contributed by atoms with Crippen molar-refractivity contribution >= 4 is 45.3 Å². The molecule has 2 aromatic rings. The molecule has 0 atom stereocenters. The highest BCUT2D eigenvalue weighted by atomic mass is 79.9. The molecule has 1 aromatic carbocycles. The smallest absolute Gasteiger partial charge is 0.268 e. The van der Waals surface area contributed by atoms with Gasteiger partial charge in [0, 0.05) is 6.04 Å². The summed E-state index contributed by atoms with van der Waals surface area (Å²) in [7, 11) is 0. The first-order chi connectivity index (χ1) is 12.4. The molecule has 0 bridgehead atoms. The minimum absolute atomic E-state index is 0.0768. The average Bonchev–Trinajstić information content (AvgIpc) is 2.64. The van der Waals surface area contributed by atoms with Crippen LogP contribution in [0, 0.1) is 6.92 Å². The Morgan fingerprint density at radius 1 is 1.15 bits per heavy atom. The van der Waals surface area contributed by atoms with Crippen molar-refractivity contribution in [3.8, 4) is 0 Å². The molecule has 1 aromatic heterocycles. The van der Waals surface area contributed by atoms with E-state index in [-0.39, 0.29) is 11.6 Å². The standard InChI is InChI=1S/C18H18BrCl2N3O2/c1-11-16(19)17(25)23(13-5-3-2-4-6-13)18(26)24(11)22-10-12-7-8-14(20)15(21)9-12/h7-10,13H,2-6H2,1H3. The summed E-state index contributed by atoms with van der Waals surface area (Å²) in [6.07, 6.45) is 6.38. The van der Waals surface area contributed by atoms with Crippen LogP contribution in [0.5, 0.6) is 0 Å². The van der Waals surface area contributed by atoms with Crippen LogP contribution in [0.15, 0.2) is 37.4 Å². The fourth-order valence-electron chi connectivity index (χ4n) is 3.20. The summed E-state index contributed by atoms with van der Waals surface area (Å²) in [5, 5.41) is 5.15. The summed E-state index contributed by atoms with van der Waals surface area (Å²) >= 11 is 15.3. The normalized spacial score (nSPS) is 15.7. The number of halogens is 3. The molecule has 26 heavy (non-hydrogen) atoms. The molecule has 3 rings (SSSR count). The van der Waals surface area contributed by atoms with Crippen LogP contribution in [0.2, 0.25) is 10.0 Å². The minimum atomic E-state index is -0.418. The topological polar surface area (TPSA) is 56.4 Å². The van der Waals surface area contributed by atoms with Crippen molar-refractivity contribution in [3.05, 3.63) is 64.8 Å². The van der Waals surface area contributed by atoms with Crippen molar-refractivity contribution in [1.82, 2.24) is 9.24 Å². The molecule has 5 nitrogen and oxygen atoms in total. The second-order valence-corrected chi connectivity index (χ2v) is 7.99. The number of hydrogen-bond acceptors (Lipinski definition) is 3. The third-order valence-corrected chi connectivity index (χ3v) is 6.29. The van der Waals surface area contributed by atoms with Crippen LogP contribution in [0.3, 0.4) is 0 Å². The Hall–Kier alpha value is -1.37. The van der Waals surface area contributed by atoms with Gasteiger partial charge in [-0.15, -0.1) is 0 Å². The summed E-state index contributed by atoms with van der Waals surface area (Å²) in [4.78, 5) is 25.6. The van der Waals surface area contributed by atoms with Crippen molar-refractivity contribution in [3.63, 3.8) is 0 Å². The lowest BCUT2D eigenvalue weighted by Crippen LogP contribution is -2.43. The van der Waals surface area contributed by atoms with Gasteiger partial charge in [0.15, 0.2) is 0 Å². The first-order valence-corrected chi connectivity index (χ1v) is 9.98. The van der Waals surface area contributed by atoms with Crippen LogP contribution in [0.4, 0.5) is 0 Å². The zero-order chi connectivity index (χ0) is 18.8. The van der Waals surface area contributed by atoms with Crippen LogP contribution < -0.4 is 11.2 Å². The molecular formula is C18H18BrCl2N3O2. The SMILES string of the molecule is Cc1c(Br)c(=O)n(C2CCCCC2)c(=O)n1N=Cc1ccc(Cl)c(Cl)c1. The molecule has 1 aliphatic carbocycles. The van der Waals surface area contributed by atoms with E-state index in [4.69, 9.17) is 23.2 Å². The van der Waals surface area contributed by atoms with Gasteiger partial charge in [-0.2, -0.15) is 9.78 Å². The van der Waals surface area contributed by atoms with Gasteiger partial charge in [-0.25, -0.2) is 4.79 Å². The van der Waals surface area contributed by atoms with E-state index in [1.54, 1.807) is 25.1 Å². The fraction of sp³-hybridized carbons (Fsp3) is 0.389. The Morgan fingerprint density at radius 2 is 1.85 bits per heavy atom. The van der Waals surface area contributed by atoms with E-state index in [0.29, 0.717) is 25.8 Å². The van der Waals surface area contributed by atoms with Gasteiger partial charge in [0.1, 0.15) is 4.47 Å². The number of rotatable bonds is 3. The van der Waals surface area contributed by atoms with Gasteiger partial charge < -0.3 is 0 Å². The van der Waals surface area contributed by atoms with Gasteiger partial charge in [-0.05, 0) is 53.4 Å². The van der Waals surface area contributed by atoms with E-state index in [1.807, 2.05) is 0 Å². The Bertz CT molecular complexity index is 976. The van der Waals surface area contributed by atoms with Crippen LogP contribution in [-0.4, -0.2) is 15.5 Å². The summed E-state index contributed by atoms with van der Waals surface area (Å²) < 4.78 is 2.94. The molecule has 0 unspecified atom stereocenters. The second kappa shape index (κ2) is 8.11. The van der Waals surface area contributed by atoms with Crippen molar-refractivity contribution in [2.24, 2.45) is 5.10 Å². The average molecular weight is 459 g/mol. The van der Waals surface area contributed by atoms with Gasteiger partial charge in [0.2, 0.25) is 0 Å². The molecule has 0 aliphatic heterocycles. The van der Waals surface area contributed by atoms with Gasteiger partial charge in [0.25, 0.3) is 5.56 Å². The summed E-state index contributed by atoms with van der Waals surface area (Å²) in [6, 6.07) is 5.01. The van der Waals surface area contributed by atoms with Gasteiger partial charge in [-0.1, -0.05) is 48.5 Å². The molecule has 1 heterocycles. The fourth-order valence-corrected chi connectivity index (χ4v) is 3.87. The highest BCUT2D eigenvalue weighted by molar-refractivity contribution is 9.10. The van der Waals surface area contributed by atoms with Crippen molar-refractivity contribution < 1.29 is 0 Å². The summed E-state index contributed by atoms with van der Waals surface area (Å²) in [5.74, 6) is 0. The van der Waals surface area contributed by atoms with Crippen molar-refractivity contribution in [1.29, 1.82) is 0 Å². The lowest BCUT2D eigenvalue weighted by molar-refractivity contribution is 0.329. The monoisotopic (exact) mass is 457 g/mol. The lowest BCUT2D eigenvalue weighted by atomic mass is 9.95. The van der Waals surface area contributed by atoms with E-state index < -0.39 is 5.69 Å². The van der Waals surface area contributed by atoms with Crippen LogP contribution in [0.1, 0.15) is 49.4 Å². The van der Waals surface area contributed by atoms with Crippen molar-refractivity contribution in [2.75, 3.05) is 0 Å². The Balaban J connectivity index is 2.07. The predicted octanol–water partition coefficient (Wildman–Crippen LogP) is 4.78. The Kier molecular flexibility index (Phi) is 6.05. The first kappa shape index (κ1) is 19.4. The second-order valence-electron chi connectivity index (χ2n) is 6.38. The van der Waals surface area contributed by atoms with E-state index in [9.17, 15) is 9.59 Å². The first-order valence-electron chi connectivity index (χ1n) is 8.43. The third-order valence-electron chi connectivity index (χ3n) is 4.63. The predicted molar refractivity (Wildman–Crippen MR) is 109 cm³/mol. The molecule has 8 heteroatoms. The minimum Gasteiger partial charge on any atom is -0.268 e. The van der Waals surface area contributed by atoms with Crippen LogP contribution in [-0.2, 0) is 0 Å². The van der Waals surface area contributed by atoms with E-state index in [0.717, 1.165) is 32.1 Å². The van der Waals surface area contributed by atoms with Crippen molar-refractivity contribution in [2.45, 2.75) is 45.1 Å². The molecule has 0 saturated heterocycles. The van der Waals surface area contributed by atoms with E-state index >= 15 is 0 Å². The van der Waals surface area contributed by atoms with E-state index in [2.05, 4.69) is 21.0 Å². The molecule has 0 amide bonds. The molecular weight excluding hydrogens is 441 g/mol. The maximum Gasteiger partial charge on any atom is 0.352 e. The Morgan fingerprint density at radius 3 is 2.50 bits per heavy atom. The van der Waals surface area contributed by atoms with Gasteiger partial charge in [-0.3, -0.25) is 9.36 Å². The molecule has 1 aliphatic rings. The number of benzene rings is 1. The van der Waals surface area contributed by atoms with E-state index in [1.165, 1.54) is 15.5 Å².